The standard InChI is InChI=1S/C14H30N4O3.HI/c1-6-7-11(18-13(19)21-14(2,3)4)10-17-12(15)16-8-9-20-5;/h11H,6-10H2,1-5H3,(H,18,19)(H3,15,16,17);1H. The Morgan fingerprint density at radius 1 is 1.36 bits per heavy atom. The molecule has 0 heterocycles. The Bertz CT molecular complexity index is 333. The molecule has 0 aliphatic heterocycles. The Balaban J connectivity index is 0. The van der Waals surface area contributed by atoms with Gasteiger partial charge < -0.3 is 25.8 Å². The molecule has 0 aromatic rings. The number of nitrogens with two attached hydrogens (primary N) is 1. The first-order valence-corrected chi connectivity index (χ1v) is 7.30. The van der Waals surface area contributed by atoms with Crippen molar-refractivity contribution in [3.8, 4) is 0 Å². The van der Waals surface area contributed by atoms with Gasteiger partial charge >= 0.3 is 6.09 Å². The van der Waals surface area contributed by atoms with Crippen LogP contribution in [-0.2, 0) is 9.47 Å². The van der Waals surface area contributed by atoms with Gasteiger partial charge in [0.05, 0.1) is 19.2 Å². The van der Waals surface area contributed by atoms with Crippen LogP contribution in [-0.4, -0.2) is 50.5 Å². The molecule has 0 fully saturated rings. The second-order valence-corrected chi connectivity index (χ2v) is 5.78. The molecule has 22 heavy (non-hydrogen) atoms. The number of halogens is 1. The van der Waals surface area contributed by atoms with Crippen LogP contribution >= 0.6 is 24.0 Å². The lowest BCUT2D eigenvalue weighted by atomic mass is 10.1. The van der Waals surface area contributed by atoms with Crippen molar-refractivity contribution < 1.29 is 14.3 Å². The van der Waals surface area contributed by atoms with Gasteiger partial charge in [-0.25, -0.2) is 4.79 Å². The van der Waals surface area contributed by atoms with Crippen LogP contribution in [0.25, 0.3) is 0 Å². The third kappa shape index (κ3) is 14.2. The Labute approximate surface area is 150 Å². The van der Waals surface area contributed by atoms with Gasteiger partial charge in [-0.15, -0.1) is 24.0 Å². The number of methoxy groups -OCH3 is 1. The Morgan fingerprint density at radius 2 is 2.00 bits per heavy atom. The van der Waals surface area contributed by atoms with Gasteiger partial charge in [0.1, 0.15) is 5.60 Å². The molecule has 4 N–H and O–H groups in total. The van der Waals surface area contributed by atoms with Crippen LogP contribution in [0, 0.1) is 0 Å². The summed E-state index contributed by atoms with van der Waals surface area (Å²) in [4.78, 5) is 16.0. The lowest BCUT2D eigenvalue weighted by molar-refractivity contribution is 0.0503. The van der Waals surface area contributed by atoms with Crippen LogP contribution < -0.4 is 16.4 Å². The fourth-order valence-electron chi connectivity index (χ4n) is 1.58. The fourth-order valence-corrected chi connectivity index (χ4v) is 1.58. The van der Waals surface area contributed by atoms with Crippen LogP contribution in [0.4, 0.5) is 4.79 Å². The number of hydrogen-bond donors (Lipinski definition) is 3. The minimum Gasteiger partial charge on any atom is -0.444 e. The van der Waals surface area contributed by atoms with E-state index in [1.807, 2.05) is 27.7 Å². The highest BCUT2D eigenvalue weighted by atomic mass is 127. The lowest BCUT2D eigenvalue weighted by Crippen LogP contribution is -2.42. The molecule has 0 radical (unpaired) electrons. The van der Waals surface area contributed by atoms with E-state index in [2.05, 4.69) is 15.6 Å². The fraction of sp³-hybridized carbons (Fsp3) is 0.857. The van der Waals surface area contributed by atoms with E-state index in [-0.39, 0.29) is 30.0 Å². The second kappa shape index (κ2) is 12.7. The van der Waals surface area contributed by atoms with Gasteiger partial charge in [0, 0.05) is 13.7 Å². The lowest BCUT2D eigenvalue weighted by Gasteiger charge is -2.22. The molecule has 0 saturated heterocycles. The number of amides is 1. The van der Waals surface area contributed by atoms with E-state index in [9.17, 15) is 4.79 Å². The minimum absolute atomic E-state index is 0. The maximum absolute atomic E-state index is 11.8. The van der Waals surface area contributed by atoms with Crippen LogP contribution in [0.1, 0.15) is 40.5 Å². The molecule has 0 saturated carbocycles. The third-order valence-corrected chi connectivity index (χ3v) is 2.45. The third-order valence-electron chi connectivity index (χ3n) is 2.45. The number of guanidine groups is 1. The molecule has 132 valence electrons. The van der Waals surface area contributed by atoms with Gasteiger partial charge in [-0.1, -0.05) is 13.3 Å². The molecule has 0 spiro atoms. The zero-order valence-corrected chi connectivity index (χ0v) is 16.6. The minimum atomic E-state index is -0.509. The zero-order chi connectivity index (χ0) is 16.3. The number of alkyl carbamates (subject to hydrolysis) is 1. The van der Waals surface area contributed by atoms with Crippen LogP contribution in [0.15, 0.2) is 4.99 Å². The van der Waals surface area contributed by atoms with E-state index in [0.717, 1.165) is 12.8 Å². The van der Waals surface area contributed by atoms with Gasteiger partial charge in [-0.05, 0) is 27.2 Å². The SMILES string of the molecule is CCCC(CN=C(N)NCCOC)NC(=O)OC(C)(C)C.I. The Kier molecular flexibility index (Phi) is 13.6. The Morgan fingerprint density at radius 3 is 2.50 bits per heavy atom. The van der Waals surface area contributed by atoms with Crippen molar-refractivity contribution >= 4 is 36.0 Å². The first kappa shape index (κ1) is 23.5. The number of nitrogens with one attached hydrogen (secondary N) is 2. The summed E-state index contributed by atoms with van der Waals surface area (Å²) in [5, 5.41) is 5.75. The van der Waals surface area contributed by atoms with Crippen LogP contribution in [0.2, 0.25) is 0 Å². The molecule has 0 rings (SSSR count). The molecule has 0 bridgehead atoms. The van der Waals surface area contributed by atoms with E-state index in [0.29, 0.717) is 25.7 Å². The van der Waals surface area contributed by atoms with Crippen LogP contribution in [0.5, 0.6) is 0 Å². The number of rotatable bonds is 8. The predicted molar refractivity (Wildman–Crippen MR) is 99.8 cm³/mol. The van der Waals surface area contributed by atoms with Crippen molar-refractivity contribution in [1.29, 1.82) is 0 Å². The summed E-state index contributed by atoms with van der Waals surface area (Å²) in [5.74, 6) is 0.346. The summed E-state index contributed by atoms with van der Waals surface area (Å²) < 4.78 is 10.1. The van der Waals surface area contributed by atoms with Crippen molar-refractivity contribution in [3.05, 3.63) is 0 Å². The van der Waals surface area contributed by atoms with Gasteiger partial charge in [0.25, 0.3) is 0 Å². The van der Waals surface area contributed by atoms with Gasteiger partial charge in [-0.2, -0.15) is 0 Å². The predicted octanol–water partition coefficient (Wildman–Crippen LogP) is 1.85. The quantitative estimate of drug-likeness (QED) is 0.236. The van der Waals surface area contributed by atoms with Gasteiger partial charge in [0.15, 0.2) is 5.96 Å². The molecular weight excluding hydrogens is 399 g/mol. The van der Waals surface area contributed by atoms with E-state index in [4.69, 9.17) is 15.2 Å². The van der Waals surface area contributed by atoms with E-state index in [1.165, 1.54) is 0 Å². The summed E-state index contributed by atoms with van der Waals surface area (Å²) >= 11 is 0. The number of nitrogens with zero attached hydrogens (tertiary/aromatic N) is 1. The molecule has 0 aromatic heterocycles. The molecule has 0 aliphatic carbocycles. The average Bonchev–Trinajstić information content (AvgIpc) is 2.34. The summed E-state index contributed by atoms with van der Waals surface area (Å²) in [6.45, 7) is 9.12. The highest BCUT2D eigenvalue weighted by Crippen LogP contribution is 2.07. The molecule has 0 aliphatic rings. The summed E-state index contributed by atoms with van der Waals surface area (Å²) in [6.07, 6.45) is 1.32. The molecule has 1 atom stereocenters. The molecule has 7 nitrogen and oxygen atoms in total. The smallest absolute Gasteiger partial charge is 0.407 e. The number of hydrogen-bond acceptors (Lipinski definition) is 4. The topological polar surface area (TPSA) is 98.0 Å². The van der Waals surface area contributed by atoms with Crippen molar-refractivity contribution in [2.24, 2.45) is 10.7 Å². The number of aliphatic imine (C=N–C) groups is 1. The highest BCUT2D eigenvalue weighted by molar-refractivity contribution is 14.0. The van der Waals surface area contributed by atoms with Crippen molar-refractivity contribution in [2.45, 2.75) is 52.2 Å². The maximum atomic E-state index is 11.8. The Hall–Kier alpha value is -0.770. The normalized spacial score (nSPS) is 13.0. The average molecular weight is 430 g/mol. The first-order valence-electron chi connectivity index (χ1n) is 7.30. The molecular formula is C14H31IN4O3. The van der Waals surface area contributed by atoms with E-state index >= 15 is 0 Å². The number of carbonyl (C=O) groups is 1. The summed E-state index contributed by atoms with van der Waals surface area (Å²) in [6, 6.07) is -0.0902. The van der Waals surface area contributed by atoms with Crippen molar-refractivity contribution in [1.82, 2.24) is 10.6 Å². The number of carbonyl (C=O) groups excluding carboxylic acids is 1. The monoisotopic (exact) mass is 430 g/mol. The molecule has 1 unspecified atom stereocenters. The van der Waals surface area contributed by atoms with Crippen molar-refractivity contribution in [2.75, 3.05) is 26.8 Å². The first-order chi connectivity index (χ1) is 9.78. The van der Waals surface area contributed by atoms with Crippen molar-refractivity contribution in [3.63, 3.8) is 0 Å². The van der Waals surface area contributed by atoms with E-state index in [1.54, 1.807) is 7.11 Å². The number of ether oxygens (including phenoxy) is 2. The molecule has 1 amide bonds. The van der Waals surface area contributed by atoms with Gasteiger partial charge in [0.2, 0.25) is 0 Å². The highest BCUT2D eigenvalue weighted by Gasteiger charge is 2.19. The molecule has 0 aromatic carbocycles. The maximum Gasteiger partial charge on any atom is 0.407 e. The summed E-state index contributed by atoms with van der Waals surface area (Å²) in [5.41, 5.74) is 5.22. The molecule has 8 heteroatoms. The van der Waals surface area contributed by atoms with E-state index < -0.39 is 11.7 Å². The van der Waals surface area contributed by atoms with Crippen LogP contribution in [0.3, 0.4) is 0 Å². The largest absolute Gasteiger partial charge is 0.444 e. The van der Waals surface area contributed by atoms with Gasteiger partial charge in [-0.3, -0.25) is 4.99 Å². The summed E-state index contributed by atoms with van der Waals surface area (Å²) in [7, 11) is 1.62. The second-order valence-electron chi connectivity index (χ2n) is 5.78. The zero-order valence-electron chi connectivity index (χ0n) is 14.3.